The van der Waals surface area contributed by atoms with Crippen LogP contribution in [0, 0.1) is 0 Å². The number of ether oxygens (including phenoxy) is 8. The minimum Gasteiger partial charge on any atom is -0.462 e. The largest absolute Gasteiger partial charge is 0.472 e. The van der Waals surface area contributed by atoms with Gasteiger partial charge in [0.1, 0.15) is 43.3 Å². The number of amides is 1. The van der Waals surface area contributed by atoms with Gasteiger partial charge in [-0.25, -0.2) is 14.2 Å². The Labute approximate surface area is 419 Å². The second kappa shape index (κ2) is 30.5. The van der Waals surface area contributed by atoms with Crippen molar-refractivity contribution in [3.05, 3.63) is 12.2 Å². The zero-order valence-electron chi connectivity index (χ0n) is 44.5. The summed E-state index contributed by atoms with van der Waals surface area (Å²) in [6.07, 6.45) is 21.1. The van der Waals surface area contributed by atoms with Crippen LogP contribution in [0.5, 0.6) is 0 Å². The highest BCUT2D eigenvalue weighted by Gasteiger charge is 2.54. The lowest BCUT2D eigenvalue weighted by Crippen LogP contribution is -2.51. The van der Waals surface area contributed by atoms with E-state index >= 15 is 0 Å². The average molecular weight is 1020 g/mol. The molecule has 70 heavy (non-hydrogen) atoms. The molecule has 0 aromatic carbocycles. The Morgan fingerprint density at radius 1 is 0.829 bits per heavy atom. The third kappa shape index (κ3) is 25.3. The number of carbonyl (C=O) groups is 4. The third-order valence-corrected chi connectivity index (χ3v) is 13.4. The molecular formula is C51H92N2O16P+. The van der Waals surface area contributed by atoms with E-state index in [-0.39, 0.29) is 49.6 Å². The van der Waals surface area contributed by atoms with Crippen molar-refractivity contribution in [2.75, 3.05) is 67.3 Å². The van der Waals surface area contributed by atoms with Crippen LogP contribution in [0.2, 0.25) is 0 Å². The van der Waals surface area contributed by atoms with Crippen LogP contribution >= 0.6 is 7.82 Å². The van der Waals surface area contributed by atoms with Crippen molar-refractivity contribution in [2.45, 2.75) is 224 Å². The van der Waals surface area contributed by atoms with Crippen LogP contribution in [0.25, 0.3) is 0 Å². The number of quaternary nitrogens is 1. The molecule has 3 heterocycles. The van der Waals surface area contributed by atoms with Crippen LogP contribution in [0.1, 0.15) is 177 Å². The zero-order valence-corrected chi connectivity index (χ0v) is 45.4. The number of allylic oxidation sites excluding steroid dienone is 1. The van der Waals surface area contributed by atoms with E-state index in [1.807, 2.05) is 55.8 Å². The van der Waals surface area contributed by atoms with Gasteiger partial charge in [-0.1, -0.05) is 83.1 Å². The van der Waals surface area contributed by atoms with Crippen LogP contribution < -0.4 is 0 Å². The first-order valence-corrected chi connectivity index (χ1v) is 27.6. The second-order valence-corrected chi connectivity index (χ2v) is 23.1. The van der Waals surface area contributed by atoms with E-state index in [0.29, 0.717) is 43.7 Å². The second-order valence-electron chi connectivity index (χ2n) is 21.7. The summed E-state index contributed by atoms with van der Waals surface area (Å²) < 4.78 is 69.6. The Morgan fingerprint density at radius 2 is 1.46 bits per heavy atom. The molecule has 0 saturated carbocycles. The number of unbranched alkanes of at least 4 members (excludes halogenated alkanes) is 14. The molecule has 1 N–H and O–H groups in total. The smallest absolute Gasteiger partial charge is 0.462 e. The molecule has 1 amide bonds. The zero-order chi connectivity index (χ0) is 51.9. The number of rotatable bonds is 35. The first-order chi connectivity index (χ1) is 32.9. The fourth-order valence-electron chi connectivity index (χ4n) is 8.87. The highest BCUT2D eigenvalue weighted by atomic mass is 31.2. The van der Waals surface area contributed by atoms with Gasteiger partial charge in [-0.2, -0.15) is 0 Å². The molecule has 18 nitrogen and oxygen atoms in total. The van der Waals surface area contributed by atoms with E-state index in [4.69, 9.17) is 46.9 Å². The van der Waals surface area contributed by atoms with Gasteiger partial charge in [-0.3, -0.25) is 23.5 Å². The molecule has 0 aliphatic carbocycles. The highest BCUT2D eigenvalue weighted by Crippen LogP contribution is 2.46. The van der Waals surface area contributed by atoms with E-state index < -0.39 is 49.6 Å². The molecule has 0 spiro atoms. The monoisotopic (exact) mass is 1020 g/mol. The number of likely N-dealkylation sites (N-methyl/N-ethyl adjacent to an activating group) is 1. The molecule has 0 radical (unpaired) electrons. The molecule has 0 aromatic heterocycles. The SMILES string of the molecule is CC(=O)OC[C@H](COP(=O)(O)OCC[N+](C)(C)C)OC(=O)/C=C/CCCCC[C@@H]1O[C@]2(CCCCCCCCCCCCCCOC[C@@H]3COC(C)(C)N3C(=O)OC(C)(C)C)CC[C@@H](OC(C)=O)[C@H]1O2. The summed E-state index contributed by atoms with van der Waals surface area (Å²) in [7, 11) is 1.31. The minimum absolute atomic E-state index is 0.0180. The maximum absolute atomic E-state index is 12.8. The van der Waals surface area contributed by atoms with Crippen molar-refractivity contribution in [2.24, 2.45) is 0 Å². The predicted molar refractivity (Wildman–Crippen MR) is 263 cm³/mol. The molecule has 3 aliphatic heterocycles. The van der Waals surface area contributed by atoms with Crippen molar-refractivity contribution >= 4 is 31.8 Å². The summed E-state index contributed by atoms with van der Waals surface area (Å²) in [5, 5.41) is 0. The van der Waals surface area contributed by atoms with Crippen LogP contribution in [-0.4, -0.2) is 153 Å². The summed E-state index contributed by atoms with van der Waals surface area (Å²) in [6, 6.07) is -0.153. The third-order valence-electron chi connectivity index (χ3n) is 12.5. The first-order valence-electron chi connectivity index (χ1n) is 26.1. The van der Waals surface area contributed by atoms with Crippen molar-refractivity contribution in [1.29, 1.82) is 0 Å². The number of carbonyl (C=O) groups excluding carboxylic acids is 4. The summed E-state index contributed by atoms with van der Waals surface area (Å²) in [5.74, 6) is -2.24. The normalized spacial score (nSPS) is 23.6. The van der Waals surface area contributed by atoms with Gasteiger partial charge in [0.15, 0.2) is 11.9 Å². The van der Waals surface area contributed by atoms with E-state index in [0.717, 1.165) is 64.2 Å². The fraction of sp³-hybridized carbons (Fsp3) is 0.882. The molecule has 3 rings (SSSR count). The van der Waals surface area contributed by atoms with E-state index in [1.165, 1.54) is 71.3 Å². The molecule has 406 valence electrons. The van der Waals surface area contributed by atoms with Crippen molar-refractivity contribution in [3.8, 4) is 0 Å². The van der Waals surface area contributed by atoms with E-state index in [9.17, 15) is 28.6 Å². The van der Waals surface area contributed by atoms with Crippen molar-refractivity contribution in [1.82, 2.24) is 4.90 Å². The quantitative estimate of drug-likeness (QED) is 0.0157. The Bertz CT molecular complexity index is 1650. The van der Waals surface area contributed by atoms with Crippen molar-refractivity contribution in [3.63, 3.8) is 0 Å². The predicted octanol–water partition coefficient (Wildman–Crippen LogP) is 9.47. The Balaban J connectivity index is 1.25. The summed E-state index contributed by atoms with van der Waals surface area (Å²) in [5.41, 5.74) is -1.29. The Kier molecular flexibility index (Phi) is 26.9. The fourth-order valence-corrected chi connectivity index (χ4v) is 9.61. The molecule has 19 heteroatoms. The number of hydrogen-bond acceptors (Lipinski definition) is 15. The topological polar surface area (TPSA) is 201 Å². The molecular weight excluding hydrogens is 928 g/mol. The van der Waals surface area contributed by atoms with Crippen LogP contribution in [0.3, 0.4) is 0 Å². The Morgan fingerprint density at radius 3 is 2.07 bits per heavy atom. The molecule has 0 aromatic rings. The van der Waals surface area contributed by atoms with Crippen LogP contribution in [0.15, 0.2) is 12.2 Å². The molecule has 3 saturated heterocycles. The van der Waals surface area contributed by atoms with Crippen LogP contribution in [0.4, 0.5) is 4.79 Å². The number of phosphoric ester groups is 1. The molecule has 2 bridgehead atoms. The lowest BCUT2D eigenvalue weighted by molar-refractivity contribution is -0.870. The Hall–Kier alpha value is -2.67. The van der Waals surface area contributed by atoms with Gasteiger partial charge in [0.2, 0.25) is 0 Å². The number of nitrogens with zero attached hydrogens (tertiary/aromatic N) is 2. The number of phosphoric acid groups is 1. The van der Waals surface area contributed by atoms with Gasteiger partial charge in [-0.15, -0.1) is 0 Å². The minimum atomic E-state index is -4.42. The summed E-state index contributed by atoms with van der Waals surface area (Å²) >= 11 is 0. The van der Waals surface area contributed by atoms with E-state index in [1.54, 1.807) is 11.0 Å². The lowest BCUT2D eigenvalue weighted by atomic mass is 9.94. The number of hydrogen-bond donors (Lipinski definition) is 1. The number of fused-ring (bicyclic) bond motifs is 2. The van der Waals surface area contributed by atoms with E-state index in [2.05, 4.69) is 0 Å². The lowest BCUT2D eigenvalue weighted by Gasteiger charge is -2.35. The van der Waals surface area contributed by atoms with Gasteiger partial charge in [0.25, 0.3) is 0 Å². The maximum atomic E-state index is 12.8. The number of esters is 3. The maximum Gasteiger partial charge on any atom is 0.472 e. The van der Waals surface area contributed by atoms with Gasteiger partial charge < -0.3 is 47.3 Å². The summed E-state index contributed by atoms with van der Waals surface area (Å²) in [6.45, 7) is 13.2. The van der Waals surface area contributed by atoms with Crippen LogP contribution in [-0.2, 0) is 65.9 Å². The molecule has 3 fully saturated rings. The summed E-state index contributed by atoms with van der Waals surface area (Å²) in [4.78, 5) is 60.4. The highest BCUT2D eigenvalue weighted by molar-refractivity contribution is 7.47. The van der Waals surface area contributed by atoms with Gasteiger partial charge in [0, 0.05) is 39.4 Å². The molecule has 3 aliphatic rings. The first kappa shape index (κ1) is 61.6. The van der Waals surface area contributed by atoms with Gasteiger partial charge >= 0.3 is 31.8 Å². The van der Waals surface area contributed by atoms with Gasteiger partial charge in [0.05, 0.1) is 53.1 Å². The van der Waals surface area contributed by atoms with Crippen molar-refractivity contribution < 1.29 is 80.1 Å². The van der Waals surface area contributed by atoms with Gasteiger partial charge in [-0.05, 0) is 73.1 Å². The molecule has 7 atom stereocenters. The standard InChI is InChI=1S/C51H91N2O16P/c1-40(54)61-38-43(39-64-70(58,59)63-35-33-53(8,9)10)66-46(56)29-25-21-19-20-24-28-45-47-44(65-41(2)55)30-32-51(67-45,68-47)31-26-22-17-15-13-11-12-14-16-18-23-27-34-60-36-42-37-62-50(6,7)52(42)48(57)69-49(3,4)5/h25,29,42-45,47H,11-24,26-28,30-39H2,1-10H3/p+1/b29-25+/t42-,43-,44-,45+,47-,51+/m1/s1. The molecule has 1 unspecified atom stereocenters. The average Bonchev–Trinajstić information content (AvgIpc) is 3.72.